The zero-order valence-electron chi connectivity index (χ0n) is 14.5. The lowest BCUT2D eigenvalue weighted by Gasteiger charge is -2.45. The van der Waals surface area contributed by atoms with Gasteiger partial charge in [-0.15, -0.1) is 0 Å². The Kier molecular flexibility index (Phi) is 5.92. The molecular weight excluding hydrogens is 230 g/mol. The molecule has 2 unspecified atom stereocenters. The molecular formula is C18H37N. The summed E-state index contributed by atoms with van der Waals surface area (Å²) in [7, 11) is 0. The molecule has 0 bridgehead atoms. The highest BCUT2D eigenvalue weighted by atomic mass is 14.9. The first kappa shape index (κ1) is 17.0. The van der Waals surface area contributed by atoms with Crippen LogP contribution in [0.15, 0.2) is 0 Å². The van der Waals surface area contributed by atoms with Crippen molar-refractivity contribution in [1.29, 1.82) is 0 Å². The molecule has 0 aromatic heterocycles. The van der Waals surface area contributed by atoms with E-state index in [4.69, 9.17) is 0 Å². The first-order chi connectivity index (χ1) is 8.68. The van der Waals surface area contributed by atoms with Crippen molar-refractivity contribution in [2.24, 2.45) is 23.2 Å². The highest BCUT2D eigenvalue weighted by Gasteiger charge is 2.37. The Morgan fingerprint density at radius 3 is 2.21 bits per heavy atom. The number of hydrogen-bond acceptors (Lipinski definition) is 1. The van der Waals surface area contributed by atoms with E-state index in [1.165, 1.54) is 38.6 Å². The molecule has 1 heteroatoms. The maximum Gasteiger partial charge on any atom is 0.00966 e. The fourth-order valence-corrected chi connectivity index (χ4v) is 3.83. The third-order valence-electron chi connectivity index (χ3n) is 5.13. The van der Waals surface area contributed by atoms with Crippen molar-refractivity contribution in [2.45, 2.75) is 86.1 Å². The van der Waals surface area contributed by atoms with Gasteiger partial charge < -0.3 is 5.32 Å². The van der Waals surface area contributed by atoms with E-state index in [1.54, 1.807) is 0 Å². The zero-order chi connectivity index (χ0) is 14.7. The second-order valence-electron chi connectivity index (χ2n) is 8.54. The van der Waals surface area contributed by atoms with Gasteiger partial charge in [0.15, 0.2) is 0 Å². The predicted octanol–water partition coefficient (Wildman–Crippen LogP) is 5.25. The third kappa shape index (κ3) is 5.45. The van der Waals surface area contributed by atoms with Crippen molar-refractivity contribution in [2.75, 3.05) is 6.54 Å². The van der Waals surface area contributed by atoms with Gasteiger partial charge >= 0.3 is 0 Å². The largest absolute Gasteiger partial charge is 0.312 e. The van der Waals surface area contributed by atoms with Crippen LogP contribution in [0.3, 0.4) is 0 Å². The monoisotopic (exact) mass is 267 g/mol. The van der Waals surface area contributed by atoms with Gasteiger partial charge in [0.1, 0.15) is 0 Å². The van der Waals surface area contributed by atoms with Crippen LogP contribution in [-0.2, 0) is 0 Å². The highest BCUT2D eigenvalue weighted by molar-refractivity contribution is 4.89. The minimum atomic E-state index is 0.255. The normalized spacial score (nSPS) is 27.8. The van der Waals surface area contributed by atoms with Gasteiger partial charge in [-0.2, -0.15) is 0 Å². The van der Waals surface area contributed by atoms with Crippen LogP contribution in [0.2, 0.25) is 0 Å². The van der Waals surface area contributed by atoms with Gasteiger partial charge in [0.05, 0.1) is 0 Å². The molecule has 0 aliphatic heterocycles. The Balaban J connectivity index is 2.70. The summed E-state index contributed by atoms with van der Waals surface area (Å²) in [6.07, 6.45) is 6.94. The third-order valence-corrected chi connectivity index (χ3v) is 5.13. The van der Waals surface area contributed by atoms with Crippen LogP contribution < -0.4 is 5.32 Å². The molecule has 0 aromatic rings. The maximum atomic E-state index is 3.75. The molecule has 0 aromatic carbocycles. The van der Waals surface area contributed by atoms with Crippen molar-refractivity contribution in [3.05, 3.63) is 0 Å². The Bertz CT molecular complexity index is 257. The first-order valence-corrected chi connectivity index (χ1v) is 8.43. The molecule has 1 nitrogen and oxygen atoms in total. The minimum absolute atomic E-state index is 0.255. The second kappa shape index (κ2) is 6.61. The summed E-state index contributed by atoms with van der Waals surface area (Å²) in [6, 6.07) is 0. The summed E-state index contributed by atoms with van der Waals surface area (Å²) in [5.74, 6) is 2.73. The molecule has 0 saturated heterocycles. The van der Waals surface area contributed by atoms with E-state index in [0.717, 1.165) is 17.8 Å². The van der Waals surface area contributed by atoms with Gasteiger partial charge in [-0.05, 0) is 69.7 Å². The highest BCUT2D eigenvalue weighted by Crippen LogP contribution is 2.46. The topological polar surface area (TPSA) is 12.0 Å². The van der Waals surface area contributed by atoms with Crippen LogP contribution in [0.4, 0.5) is 0 Å². The van der Waals surface area contributed by atoms with Crippen LogP contribution in [0.5, 0.6) is 0 Å². The molecule has 1 fully saturated rings. The summed E-state index contributed by atoms with van der Waals surface area (Å²) in [5.41, 5.74) is 0.816. The fourth-order valence-electron chi connectivity index (χ4n) is 3.83. The molecule has 0 heterocycles. The van der Waals surface area contributed by atoms with Crippen molar-refractivity contribution >= 4 is 0 Å². The van der Waals surface area contributed by atoms with E-state index < -0.39 is 0 Å². The Hall–Kier alpha value is -0.0400. The van der Waals surface area contributed by atoms with Crippen LogP contribution >= 0.6 is 0 Å². The van der Waals surface area contributed by atoms with E-state index in [1.807, 2.05) is 0 Å². The lowest BCUT2D eigenvalue weighted by molar-refractivity contribution is 0.0660. The van der Waals surface area contributed by atoms with E-state index in [9.17, 15) is 0 Å². The summed E-state index contributed by atoms with van der Waals surface area (Å²) in [4.78, 5) is 0. The lowest BCUT2D eigenvalue weighted by Crippen LogP contribution is -2.44. The molecule has 1 saturated carbocycles. The zero-order valence-corrected chi connectivity index (χ0v) is 14.5. The molecule has 1 aliphatic carbocycles. The van der Waals surface area contributed by atoms with Gasteiger partial charge in [-0.25, -0.2) is 0 Å². The summed E-state index contributed by atoms with van der Waals surface area (Å²) in [6.45, 7) is 17.8. The first-order valence-electron chi connectivity index (χ1n) is 8.43. The van der Waals surface area contributed by atoms with Crippen molar-refractivity contribution in [1.82, 2.24) is 5.32 Å². The van der Waals surface area contributed by atoms with Gasteiger partial charge in [0.25, 0.3) is 0 Å². The van der Waals surface area contributed by atoms with Crippen molar-refractivity contribution in [3.63, 3.8) is 0 Å². The average molecular weight is 268 g/mol. The molecule has 0 radical (unpaired) electrons. The Morgan fingerprint density at radius 2 is 1.74 bits per heavy atom. The summed E-state index contributed by atoms with van der Waals surface area (Å²) >= 11 is 0. The van der Waals surface area contributed by atoms with Crippen LogP contribution in [0.25, 0.3) is 0 Å². The number of hydrogen-bond donors (Lipinski definition) is 1. The van der Waals surface area contributed by atoms with E-state index in [0.29, 0.717) is 5.41 Å². The molecule has 2 atom stereocenters. The SMILES string of the molecule is CCC(CC)C1CC(C)(C)CCC1CNC(C)(C)C. The number of rotatable bonds is 5. The van der Waals surface area contributed by atoms with E-state index in [2.05, 4.69) is 53.8 Å². The molecule has 19 heavy (non-hydrogen) atoms. The maximum absolute atomic E-state index is 3.75. The molecule has 1 N–H and O–H groups in total. The van der Waals surface area contributed by atoms with Crippen LogP contribution in [0.1, 0.15) is 80.6 Å². The van der Waals surface area contributed by atoms with E-state index in [-0.39, 0.29) is 5.54 Å². The standard InChI is InChI=1S/C18H37N/c1-8-14(9-2)16-12-18(6,7)11-10-15(16)13-19-17(3,4)5/h14-16,19H,8-13H2,1-7H3. The minimum Gasteiger partial charge on any atom is -0.312 e. The predicted molar refractivity (Wildman–Crippen MR) is 86.4 cm³/mol. The fraction of sp³-hybridized carbons (Fsp3) is 1.00. The van der Waals surface area contributed by atoms with E-state index >= 15 is 0 Å². The van der Waals surface area contributed by atoms with Crippen LogP contribution in [-0.4, -0.2) is 12.1 Å². The Morgan fingerprint density at radius 1 is 1.16 bits per heavy atom. The van der Waals surface area contributed by atoms with Crippen molar-refractivity contribution < 1.29 is 0 Å². The smallest absolute Gasteiger partial charge is 0.00966 e. The number of nitrogens with one attached hydrogen (secondary N) is 1. The molecule has 114 valence electrons. The van der Waals surface area contributed by atoms with Gasteiger partial charge in [-0.1, -0.05) is 40.5 Å². The Labute approximate surface area is 121 Å². The average Bonchev–Trinajstić information content (AvgIpc) is 2.27. The molecule has 1 aliphatic rings. The van der Waals surface area contributed by atoms with Gasteiger partial charge in [0.2, 0.25) is 0 Å². The summed E-state index contributed by atoms with van der Waals surface area (Å²) in [5, 5.41) is 3.75. The van der Waals surface area contributed by atoms with Gasteiger partial charge in [-0.3, -0.25) is 0 Å². The van der Waals surface area contributed by atoms with Gasteiger partial charge in [0, 0.05) is 5.54 Å². The molecule has 0 spiro atoms. The molecule has 0 amide bonds. The lowest BCUT2D eigenvalue weighted by atomic mass is 9.62. The van der Waals surface area contributed by atoms with Crippen LogP contribution in [0, 0.1) is 23.2 Å². The second-order valence-corrected chi connectivity index (χ2v) is 8.54. The van der Waals surface area contributed by atoms with Crippen molar-refractivity contribution in [3.8, 4) is 0 Å². The molecule has 1 rings (SSSR count). The quantitative estimate of drug-likeness (QED) is 0.717. The summed E-state index contributed by atoms with van der Waals surface area (Å²) < 4.78 is 0.